The van der Waals surface area contributed by atoms with E-state index in [4.69, 9.17) is 4.74 Å². The maximum absolute atomic E-state index is 12.3. The summed E-state index contributed by atoms with van der Waals surface area (Å²) in [6.45, 7) is 2.27. The maximum Gasteiger partial charge on any atom is 0.433 e. The van der Waals surface area contributed by atoms with Gasteiger partial charge in [-0.1, -0.05) is 0 Å². The van der Waals surface area contributed by atoms with Crippen LogP contribution in [0, 0.1) is 5.92 Å². The van der Waals surface area contributed by atoms with Gasteiger partial charge in [-0.15, -0.1) is 0 Å². The molecule has 0 aliphatic carbocycles. The summed E-state index contributed by atoms with van der Waals surface area (Å²) in [4.78, 5) is 3.40. The standard InChI is InChI=1S/C12H15F3N2O/c13-12(14,15)11-2-1-10(8-17-11)16-7-9-3-5-18-6-4-9/h1-2,8-9,16H,3-7H2. The van der Waals surface area contributed by atoms with Crippen LogP contribution in [0.2, 0.25) is 0 Å². The average Bonchev–Trinajstić information content (AvgIpc) is 2.37. The second kappa shape index (κ2) is 5.56. The third-order valence-electron chi connectivity index (χ3n) is 2.99. The lowest BCUT2D eigenvalue weighted by molar-refractivity contribution is -0.141. The van der Waals surface area contributed by atoms with Gasteiger partial charge in [0.05, 0.1) is 11.9 Å². The third-order valence-corrected chi connectivity index (χ3v) is 2.99. The van der Waals surface area contributed by atoms with Crippen molar-refractivity contribution in [2.45, 2.75) is 19.0 Å². The quantitative estimate of drug-likeness (QED) is 0.907. The zero-order valence-corrected chi connectivity index (χ0v) is 9.83. The molecule has 0 radical (unpaired) electrons. The summed E-state index contributed by atoms with van der Waals surface area (Å²) in [7, 11) is 0. The summed E-state index contributed by atoms with van der Waals surface area (Å²) >= 11 is 0. The van der Waals surface area contributed by atoms with Crippen molar-refractivity contribution in [2.24, 2.45) is 5.92 Å². The van der Waals surface area contributed by atoms with Crippen molar-refractivity contribution in [1.29, 1.82) is 0 Å². The van der Waals surface area contributed by atoms with Crippen LogP contribution in [0.25, 0.3) is 0 Å². The topological polar surface area (TPSA) is 34.1 Å². The lowest BCUT2D eigenvalue weighted by Gasteiger charge is -2.22. The Bertz CT molecular complexity index is 372. The molecule has 1 aliphatic rings. The zero-order valence-electron chi connectivity index (χ0n) is 9.83. The normalized spacial score (nSPS) is 17.7. The van der Waals surface area contributed by atoms with E-state index in [9.17, 15) is 13.2 Å². The molecule has 3 nitrogen and oxygen atoms in total. The highest BCUT2D eigenvalue weighted by molar-refractivity contribution is 5.41. The first-order valence-corrected chi connectivity index (χ1v) is 5.90. The van der Waals surface area contributed by atoms with Crippen LogP contribution in [0.4, 0.5) is 18.9 Å². The molecule has 0 unspecified atom stereocenters. The van der Waals surface area contributed by atoms with Crippen LogP contribution in [0.3, 0.4) is 0 Å². The monoisotopic (exact) mass is 260 g/mol. The minimum atomic E-state index is -4.38. The number of pyridine rings is 1. The van der Waals surface area contributed by atoms with Crippen LogP contribution in [0.5, 0.6) is 0 Å². The SMILES string of the molecule is FC(F)(F)c1ccc(NCC2CCOCC2)cn1. The van der Waals surface area contributed by atoms with E-state index in [0.717, 1.165) is 38.7 Å². The molecule has 0 saturated carbocycles. The van der Waals surface area contributed by atoms with E-state index in [1.165, 1.54) is 12.3 Å². The Kier molecular flexibility index (Phi) is 4.06. The van der Waals surface area contributed by atoms with Gasteiger partial charge in [0.25, 0.3) is 0 Å². The van der Waals surface area contributed by atoms with E-state index in [1.807, 2.05) is 0 Å². The number of nitrogens with one attached hydrogen (secondary N) is 1. The van der Waals surface area contributed by atoms with Gasteiger partial charge in [0.15, 0.2) is 0 Å². The smallest absolute Gasteiger partial charge is 0.384 e. The van der Waals surface area contributed by atoms with Crippen LogP contribution in [0.1, 0.15) is 18.5 Å². The Labute approximate surface area is 103 Å². The minimum absolute atomic E-state index is 0.515. The number of aromatic nitrogens is 1. The molecule has 18 heavy (non-hydrogen) atoms. The Hall–Kier alpha value is -1.30. The van der Waals surface area contributed by atoms with Gasteiger partial charge in [-0.05, 0) is 30.9 Å². The summed E-state index contributed by atoms with van der Waals surface area (Å²) in [5.74, 6) is 0.515. The minimum Gasteiger partial charge on any atom is -0.384 e. The summed E-state index contributed by atoms with van der Waals surface area (Å²) in [5.41, 5.74) is -0.242. The number of hydrogen-bond donors (Lipinski definition) is 1. The van der Waals surface area contributed by atoms with Crippen molar-refractivity contribution >= 4 is 5.69 Å². The van der Waals surface area contributed by atoms with Crippen molar-refractivity contribution in [3.63, 3.8) is 0 Å². The molecule has 0 spiro atoms. The molecule has 2 rings (SSSR count). The van der Waals surface area contributed by atoms with E-state index >= 15 is 0 Å². The van der Waals surface area contributed by atoms with Gasteiger partial charge in [0.1, 0.15) is 5.69 Å². The van der Waals surface area contributed by atoms with Gasteiger partial charge in [0, 0.05) is 19.8 Å². The Morgan fingerprint density at radius 3 is 2.56 bits per heavy atom. The maximum atomic E-state index is 12.3. The Morgan fingerprint density at radius 2 is 2.00 bits per heavy atom. The molecule has 0 atom stereocenters. The molecule has 2 heterocycles. The van der Waals surface area contributed by atoms with Gasteiger partial charge < -0.3 is 10.1 Å². The predicted octanol–water partition coefficient (Wildman–Crippen LogP) is 2.94. The summed E-state index contributed by atoms with van der Waals surface area (Å²) in [6.07, 6.45) is -1.18. The molecular weight excluding hydrogens is 245 g/mol. The zero-order chi connectivity index (χ0) is 13.0. The number of anilines is 1. The third kappa shape index (κ3) is 3.60. The molecule has 0 bridgehead atoms. The van der Waals surface area contributed by atoms with E-state index in [2.05, 4.69) is 10.3 Å². The molecule has 6 heteroatoms. The molecule has 1 fully saturated rings. The number of alkyl halides is 3. The van der Waals surface area contributed by atoms with Crippen molar-refractivity contribution in [2.75, 3.05) is 25.1 Å². The molecule has 1 aliphatic heterocycles. The fourth-order valence-corrected chi connectivity index (χ4v) is 1.88. The summed E-state index contributed by atoms with van der Waals surface area (Å²) in [6, 6.07) is 2.40. The summed E-state index contributed by atoms with van der Waals surface area (Å²) < 4.78 is 42.1. The van der Waals surface area contributed by atoms with Crippen LogP contribution in [-0.2, 0) is 10.9 Å². The van der Waals surface area contributed by atoms with Crippen LogP contribution < -0.4 is 5.32 Å². The second-order valence-electron chi connectivity index (χ2n) is 4.37. The van der Waals surface area contributed by atoms with Crippen LogP contribution >= 0.6 is 0 Å². The van der Waals surface area contributed by atoms with Gasteiger partial charge >= 0.3 is 6.18 Å². The number of hydrogen-bond acceptors (Lipinski definition) is 3. The molecule has 100 valence electrons. The van der Waals surface area contributed by atoms with E-state index < -0.39 is 11.9 Å². The number of nitrogens with zero attached hydrogens (tertiary/aromatic N) is 1. The molecule has 0 aromatic carbocycles. The molecule has 1 N–H and O–H groups in total. The predicted molar refractivity (Wildman–Crippen MR) is 61.3 cm³/mol. The highest BCUT2D eigenvalue weighted by Crippen LogP contribution is 2.27. The average molecular weight is 260 g/mol. The number of halogens is 3. The van der Waals surface area contributed by atoms with Crippen molar-refractivity contribution in [3.8, 4) is 0 Å². The highest BCUT2D eigenvalue weighted by Gasteiger charge is 2.32. The molecule has 1 aromatic rings. The largest absolute Gasteiger partial charge is 0.433 e. The molecular formula is C12H15F3N2O. The number of ether oxygens (including phenoxy) is 1. The van der Waals surface area contributed by atoms with Crippen molar-refractivity contribution < 1.29 is 17.9 Å². The first-order chi connectivity index (χ1) is 8.55. The highest BCUT2D eigenvalue weighted by atomic mass is 19.4. The van der Waals surface area contributed by atoms with Crippen LogP contribution in [0.15, 0.2) is 18.3 Å². The molecule has 0 amide bonds. The van der Waals surface area contributed by atoms with E-state index in [0.29, 0.717) is 11.6 Å². The lowest BCUT2D eigenvalue weighted by Crippen LogP contribution is -2.22. The van der Waals surface area contributed by atoms with E-state index in [1.54, 1.807) is 0 Å². The van der Waals surface area contributed by atoms with Crippen LogP contribution in [-0.4, -0.2) is 24.7 Å². The fraction of sp³-hybridized carbons (Fsp3) is 0.583. The van der Waals surface area contributed by atoms with E-state index in [-0.39, 0.29) is 0 Å². The summed E-state index contributed by atoms with van der Waals surface area (Å²) in [5, 5.41) is 3.11. The van der Waals surface area contributed by atoms with Crippen molar-refractivity contribution in [3.05, 3.63) is 24.0 Å². The van der Waals surface area contributed by atoms with Gasteiger partial charge in [-0.3, -0.25) is 0 Å². The first-order valence-electron chi connectivity index (χ1n) is 5.90. The van der Waals surface area contributed by atoms with Gasteiger partial charge in [-0.2, -0.15) is 13.2 Å². The Balaban J connectivity index is 1.86. The number of rotatable bonds is 3. The molecule has 1 saturated heterocycles. The Morgan fingerprint density at radius 1 is 1.28 bits per heavy atom. The lowest BCUT2D eigenvalue weighted by atomic mass is 10.0. The second-order valence-corrected chi connectivity index (χ2v) is 4.37. The van der Waals surface area contributed by atoms with Gasteiger partial charge in [-0.25, -0.2) is 4.98 Å². The molecule has 1 aromatic heterocycles. The fourth-order valence-electron chi connectivity index (χ4n) is 1.88. The van der Waals surface area contributed by atoms with Gasteiger partial charge in [0.2, 0.25) is 0 Å². The van der Waals surface area contributed by atoms with Crippen molar-refractivity contribution in [1.82, 2.24) is 4.98 Å². The first kappa shape index (κ1) is 13.1.